The van der Waals surface area contributed by atoms with Crippen LogP contribution in [0.25, 0.3) is 0 Å². The molecule has 128 valence electrons. The molecule has 0 aliphatic carbocycles. The van der Waals surface area contributed by atoms with Gasteiger partial charge in [0.2, 0.25) is 0 Å². The van der Waals surface area contributed by atoms with E-state index in [1.54, 1.807) is 12.1 Å². The number of hydrogen-bond acceptors (Lipinski definition) is 4. The number of halogens is 1. The topological polar surface area (TPSA) is 27.7 Å². The van der Waals surface area contributed by atoms with E-state index in [-0.39, 0.29) is 5.82 Å². The normalized spacial score (nSPS) is 21.5. The highest BCUT2D eigenvalue weighted by Crippen LogP contribution is 2.20. The van der Waals surface area contributed by atoms with Crippen molar-refractivity contribution in [2.75, 3.05) is 52.9 Å². The van der Waals surface area contributed by atoms with Gasteiger partial charge in [0, 0.05) is 39.3 Å². The van der Waals surface area contributed by atoms with Crippen molar-refractivity contribution in [3.05, 3.63) is 29.6 Å². The fraction of sp³-hybridized carbons (Fsp3) is 0.667. The Bertz CT molecular complexity index is 497. The van der Waals surface area contributed by atoms with Gasteiger partial charge in [-0.3, -0.25) is 4.90 Å². The molecule has 2 saturated heterocycles. The Morgan fingerprint density at radius 2 is 1.83 bits per heavy atom. The average Bonchev–Trinajstić information content (AvgIpc) is 2.58. The third-order valence-electron chi connectivity index (χ3n) is 5.06. The molecule has 2 aliphatic heterocycles. The molecule has 0 amide bonds. The molecular formula is C18H28FN3O. The number of rotatable bonds is 5. The van der Waals surface area contributed by atoms with Crippen molar-refractivity contribution in [3.63, 3.8) is 0 Å². The van der Waals surface area contributed by atoms with Gasteiger partial charge in [-0.05, 0) is 49.5 Å². The van der Waals surface area contributed by atoms with E-state index in [0.717, 1.165) is 44.2 Å². The Morgan fingerprint density at radius 3 is 2.48 bits per heavy atom. The van der Waals surface area contributed by atoms with Crippen molar-refractivity contribution in [1.82, 2.24) is 15.1 Å². The predicted molar refractivity (Wildman–Crippen MR) is 90.3 cm³/mol. The molecule has 0 aromatic heterocycles. The molecule has 0 unspecified atom stereocenters. The summed E-state index contributed by atoms with van der Waals surface area (Å²) in [5, 5.41) is 3.43. The summed E-state index contributed by atoms with van der Waals surface area (Å²) in [6.07, 6.45) is 2.62. The zero-order valence-corrected chi connectivity index (χ0v) is 14.1. The summed E-state index contributed by atoms with van der Waals surface area (Å²) in [5.41, 5.74) is 1.02. The minimum atomic E-state index is -0.269. The SMILES string of the molecule is COc1ccc(CN2CCN(CC3CCNCC3)CC2)cc1F. The van der Waals surface area contributed by atoms with E-state index in [0.29, 0.717) is 5.75 Å². The van der Waals surface area contributed by atoms with Crippen molar-refractivity contribution >= 4 is 0 Å². The molecule has 2 fully saturated rings. The Morgan fingerprint density at radius 1 is 1.13 bits per heavy atom. The molecule has 0 atom stereocenters. The molecule has 0 spiro atoms. The lowest BCUT2D eigenvalue weighted by Crippen LogP contribution is -2.48. The molecule has 0 bridgehead atoms. The highest BCUT2D eigenvalue weighted by atomic mass is 19.1. The number of methoxy groups -OCH3 is 1. The first kappa shape index (κ1) is 16.7. The highest BCUT2D eigenvalue weighted by Gasteiger charge is 2.21. The first-order valence-corrected chi connectivity index (χ1v) is 8.72. The van der Waals surface area contributed by atoms with Crippen molar-refractivity contribution in [2.45, 2.75) is 19.4 Å². The molecule has 1 aromatic rings. The first-order chi connectivity index (χ1) is 11.2. The predicted octanol–water partition coefficient (Wildman–Crippen LogP) is 1.95. The highest BCUT2D eigenvalue weighted by molar-refractivity contribution is 5.29. The minimum absolute atomic E-state index is 0.269. The summed E-state index contributed by atoms with van der Waals surface area (Å²) in [4.78, 5) is 5.02. The van der Waals surface area contributed by atoms with Crippen LogP contribution in [0.5, 0.6) is 5.75 Å². The van der Waals surface area contributed by atoms with Crippen LogP contribution in [0, 0.1) is 11.7 Å². The Labute approximate surface area is 138 Å². The van der Waals surface area contributed by atoms with Gasteiger partial charge in [-0.25, -0.2) is 4.39 Å². The number of piperidine rings is 1. The number of hydrogen-bond donors (Lipinski definition) is 1. The van der Waals surface area contributed by atoms with Crippen LogP contribution in [0.3, 0.4) is 0 Å². The fourth-order valence-corrected chi connectivity index (χ4v) is 3.63. The lowest BCUT2D eigenvalue weighted by molar-refractivity contribution is 0.107. The van der Waals surface area contributed by atoms with Crippen LogP contribution in [-0.2, 0) is 6.54 Å². The number of piperazine rings is 1. The van der Waals surface area contributed by atoms with Crippen LogP contribution >= 0.6 is 0 Å². The first-order valence-electron chi connectivity index (χ1n) is 8.72. The summed E-state index contributed by atoms with van der Waals surface area (Å²) in [6, 6.07) is 5.28. The fourth-order valence-electron chi connectivity index (χ4n) is 3.63. The average molecular weight is 321 g/mol. The minimum Gasteiger partial charge on any atom is -0.494 e. The number of ether oxygens (including phenoxy) is 1. The van der Waals surface area contributed by atoms with E-state index in [1.165, 1.54) is 39.6 Å². The molecule has 2 aliphatic rings. The van der Waals surface area contributed by atoms with Crippen LogP contribution in [0.2, 0.25) is 0 Å². The van der Waals surface area contributed by atoms with Crippen molar-refractivity contribution < 1.29 is 9.13 Å². The van der Waals surface area contributed by atoms with Crippen LogP contribution < -0.4 is 10.1 Å². The summed E-state index contributed by atoms with van der Waals surface area (Å²) < 4.78 is 18.7. The van der Waals surface area contributed by atoms with Gasteiger partial charge in [0.05, 0.1) is 7.11 Å². The molecule has 5 heteroatoms. The monoisotopic (exact) mass is 321 g/mol. The van der Waals surface area contributed by atoms with E-state index < -0.39 is 0 Å². The van der Waals surface area contributed by atoms with Crippen molar-refractivity contribution in [3.8, 4) is 5.75 Å². The zero-order valence-electron chi connectivity index (χ0n) is 14.1. The van der Waals surface area contributed by atoms with Gasteiger partial charge in [0.1, 0.15) is 0 Å². The van der Waals surface area contributed by atoms with Gasteiger partial charge in [0.15, 0.2) is 11.6 Å². The largest absolute Gasteiger partial charge is 0.494 e. The van der Waals surface area contributed by atoms with Crippen LogP contribution in [-0.4, -0.2) is 62.7 Å². The van der Waals surface area contributed by atoms with Gasteiger partial charge in [-0.1, -0.05) is 6.07 Å². The van der Waals surface area contributed by atoms with Gasteiger partial charge in [-0.2, -0.15) is 0 Å². The maximum atomic E-state index is 13.8. The molecule has 23 heavy (non-hydrogen) atoms. The molecule has 1 aromatic carbocycles. The van der Waals surface area contributed by atoms with Crippen LogP contribution in [0.1, 0.15) is 18.4 Å². The van der Waals surface area contributed by atoms with E-state index in [4.69, 9.17) is 4.74 Å². The van der Waals surface area contributed by atoms with Crippen LogP contribution in [0.15, 0.2) is 18.2 Å². The van der Waals surface area contributed by atoms with Gasteiger partial charge < -0.3 is 15.0 Å². The molecule has 2 heterocycles. The molecular weight excluding hydrogens is 293 g/mol. The summed E-state index contributed by atoms with van der Waals surface area (Å²) in [5.74, 6) is 0.911. The summed E-state index contributed by atoms with van der Waals surface area (Å²) in [6.45, 7) is 8.80. The third kappa shape index (κ3) is 4.66. The molecule has 0 saturated carbocycles. The maximum Gasteiger partial charge on any atom is 0.165 e. The van der Waals surface area contributed by atoms with E-state index in [1.807, 2.05) is 6.07 Å². The third-order valence-corrected chi connectivity index (χ3v) is 5.06. The van der Waals surface area contributed by atoms with Crippen molar-refractivity contribution in [1.29, 1.82) is 0 Å². The Kier molecular flexibility index (Phi) is 5.86. The quantitative estimate of drug-likeness (QED) is 0.897. The molecule has 4 nitrogen and oxygen atoms in total. The second kappa shape index (κ2) is 8.08. The number of nitrogens with one attached hydrogen (secondary N) is 1. The second-order valence-electron chi connectivity index (χ2n) is 6.74. The van der Waals surface area contributed by atoms with E-state index in [2.05, 4.69) is 15.1 Å². The molecule has 0 radical (unpaired) electrons. The lowest BCUT2D eigenvalue weighted by Gasteiger charge is -2.37. The smallest absolute Gasteiger partial charge is 0.165 e. The molecule has 1 N–H and O–H groups in total. The lowest BCUT2D eigenvalue weighted by atomic mass is 9.97. The second-order valence-corrected chi connectivity index (χ2v) is 6.74. The summed E-state index contributed by atoms with van der Waals surface area (Å²) in [7, 11) is 1.50. The standard InChI is InChI=1S/C18H28FN3O/c1-23-18-3-2-16(12-17(18)19)14-22-10-8-21(9-11-22)13-15-4-6-20-7-5-15/h2-3,12,15,20H,4-11,13-14H2,1H3. The number of benzene rings is 1. The van der Waals surface area contributed by atoms with Crippen LogP contribution in [0.4, 0.5) is 4.39 Å². The maximum absolute atomic E-state index is 13.8. The Hall–Kier alpha value is -1.17. The summed E-state index contributed by atoms with van der Waals surface area (Å²) >= 11 is 0. The molecule has 3 rings (SSSR count). The Balaban J connectivity index is 1.44. The zero-order chi connectivity index (χ0) is 16.1. The number of nitrogens with zero attached hydrogens (tertiary/aromatic N) is 2. The van der Waals surface area contributed by atoms with Gasteiger partial charge >= 0.3 is 0 Å². The van der Waals surface area contributed by atoms with Gasteiger partial charge in [-0.15, -0.1) is 0 Å². The van der Waals surface area contributed by atoms with E-state index in [9.17, 15) is 4.39 Å². The van der Waals surface area contributed by atoms with Crippen molar-refractivity contribution in [2.24, 2.45) is 5.92 Å². The van der Waals surface area contributed by atoms with E-state index >= 15 is 0 Å². The van der Waals surface area contributed by atoms with Gasteiger partial charge in [0.25, 0.3) is 0 Å².